The van der Waals surface area contributed by atoms with Crippen molar-refractivity contribution < 1.29 is 0 Å². The molecule has 16 heavy (non-hydrogen) atoms. The number of halogens is 1. The number of nitrogens with one attached hydrogen (secondary N) is 1. The van der Waals surface area contributed by atoms with Crippen LogP contribution in [0.25, 0.3) is 0 Å². The third-order valence-electron chi connectivity index (χ3n) is 2.82. The lowest BCUT2D eigenvalue weighted by molar-refractivity contribution is 0.273. The smallest absolute Gasteiger partial charge is 0.194 e. The first-order chi connectivity index (χ1) is 7.63. The van der Waals surface area contributed by atoms with E-state index >= 15 is 0 Å². The van der Waals surface area contributed by atoms with Crippen molar-refractivity contribution in [1.82, 2.24) is 10.2 Å². The van der Waals surface area contributed by atoms with Gasteiger partial charge in [0.15, 0.2) is 5.96 Å². The van der Waals surface area contributed by atoms with E-state index in [0.29, 0.717) is 6.54 Å². The predicted octanol–water partition coefficient (Wildman–Crippen LogP) is 2.59. The van der Waals surface area contributed by atoms with Gasteiger partial charge in [-0.2, -0.15) is 0 Å². The summed E-state index contributed by atoms with van der Waals surface area (Å²) in [5, 5.41) is 3.34. The van der Waals surface area contributed by atoms with E-state index < -0.39 is 0 Å². The van der Waals surface area contributed by atoms with Crippen LogP contribution in [0.1, 0.15) is 26.7 Å². The minimum Gasteiger partial charge on any atom is -0.357 e. The largest absolute Gasteiger partial charge is 0.357 e. The van der Waals surface area contributed by atoms with Crippen LogP contribution in [0.15, 0.2) is 16.1 Å². The topological polar surface area (TPSA) is 27.6 Å². The molecule has 0 saturated carbocycles. The summed E-state index contributed by atoms with van der Waals surface area (Å²) < 4.78 is 0.924. The summed E-state index contributed by atoms with van der Waals surface area (Å²) in [4.78, 5) is 6.89. The second kappa shape index (κ2) is 6.94. The molecule has 1 N–H and O–H groups in total. The molecule has 0 atom stereocenters. The summed E-state index contributed by atoms with van der Waals surface area (Å²) in [6, 6.07) is 0. The van der Waals surface area contributed by atoms with Crippen molar-refractivity contribution in [1.29, 1.82) is 0 Å². The van der Waals surface area contributed by atoms with Crippen LogP contribution in [0.4, 0.5) is 0 Å². The fourth-order valence-electron chi connectivity index (χ4n) is 1.81. The average molecular weight is 288 g/mol. The zero-order chi connectivity index (χ0) is 12.0. The van der Waals surface area contributed by atoms with Gasteiger partial charge in [0.2, 0.25) is 0 Å². The van der Waals surface area contributed by atoms with Crippen LogP contribution >= 0.6 is 15.9 Å². The van der Waals surface area contributed by atoms with Crippen LogP contribution in [0.2, 0.25) is 0 Å². The molecule has 0 aliphatic carbocycles. The molecule has 0 spiro atoms. The second-order valence-corrected chi connectivity index (χ2v) is 5.48. The van der Waals surface area contributed by atoms with Crippen molar-refractivity contribution in [3.8, 4) is 0 Å². The number of aliphatic imine (C=N–C) groups is 1. The number of likely N-dealkylation sites (tertiary alicyclic amines) is 1. The molecule has 3 nitrogen and oxygen atoms in total. The van der Waals surface area contributed by atoms with E-state index in [2.05, 4.69) is 51.6 Å². The maximum absolute atomic E-state index is 4.55. The average Bonchev–Trinajstić information content (AvgIpc) is 2.25. The van der Waals surface area contributed by atoms with Crippen molar-refractivity contribution in [2.75, 3.05) is 26.2 Å². The third kappa shape index (κ3) is 4.56. The van der Waals surface area contributed by atoms with Crippen molar-refractivity contribution in [2.24, 2.45) is 10.9 Å². The highest BCUT2D eigenvalue weighted by Gasteiger charge is 2.18. The lowest BCUT2D eigenvalue weighted by Gasteiger charge is -2.32. The molecule has 0 radical (unpaired) electrons. The lowest BCUT2D eigenvalue weighted by Crippen LogP contribution is -2.45. The van der Waals surface area contributed by atoms with Crippen molar-refractivity contribution in [3.05, 3.63) is 11.1 Å². The normalized spacial score (nSPS) is 18.7. The van der Waals surface area contributed by atoms with Gasteiger partial charge in [0.05, 0.1) is 6.54 Å². The molecule has 0 aromatic rings. The van der Waals surface area contributed by atoms with Crippen molar-refractivity contribution in [3.63, 3.8) is 0 Å². The monoisotopic (exact) mass is 287 g/mol. The summed E-state index contributed by atoms with van der Waals surface area (Å²) in [6.45, 7) is 12.0. The minimum atomic E-state index is 0.647. The Balaban J connectivity index is 2.55. The van der Waals surface area contributed by atoms with E-state index in [9.17, 15) is 0 Å². The molecule has 1 saturated heterocycles. The predicted molar refractivity (Wildman–Crippen MR) is 74.0 cm³/mol. The Bertz CT molecular complexity index is 255. The van der Waals surface area contributed by atoms with Crippen LogP contribution in [-0.2, 0) is 0 Å². The fraction of sp³-hybridized carbons (Fsp3) is 0.750. The van der Waals surface area contributed by atoms with Gasteiger partial charge in [-0.05, 0) is 25.7 Å². The molecule has 1 aliphatic heterocycles. The molecule has 4 heteroatoms. The van der Waals surface area contributed by atoms with Gasteiger partial charge in [0, 0.05) is 24.1 Å². The van der Waals surface area contributed by atoms with Gasteiger partial charge in [-0.1, -0.05) is 29.4 Å². The molecule has 0 aromatic carbocycles. The molecular weight excluding hydrogens is 266 g/mol. The Labute approximate surface area is 107 Å². The highest BCUT2D eigenvalue weighted by molar-refractivity contribution is 9.11. The van der Waals surface area contributed by atoms with Crippen LogP contribution < -0.4 is 5.32 Å². The quantitative estimate of drug-likeness (QED) is 0.638. The summed E-state index contributed by atoms with van der Waals surface area (Å²) in [7, 11) is 0. The zero-order valence-corrected chi connectivity index (χ0v) is 11.9. The van der Waals surface area contributed by atoms with Gasteiger partial charge in [0.1, 0.15) is 0 Å². The van der Waals surface area contributed by atoms with E-state index in [4.69, 9.17) is 0 Å². The SMILES string of the molecule is C=C(Br)CN=C(NCC)N1CCC(C)CC1. The van der Waals surface area contributed by atoms with Gasteiger partial charge in [-0.25, -0.2) is 4.99 Å². The maximum atomic E-state index is 4.55. The Kier molecular flexibility index (Phi) is 5.88. The Hall–Kier alpha value is -0.510. The zero-order valence-electron chi connectivity index (χ0n) is 10.3. The second-order valence-electron chi connectivity index (χ2n) is 4.36. The molecular formula is C12H22BrN3. The van der Waals surface area contributed by atoms with Crippen LogP contribution in [0, 0.1) is 5.92 Å². The Morgan fingerprint density at radius 2 is 2.12 bits per heavy atom. The first-order valence-corrected chi connectivity index (χ1v) is 6.79. The number of hydrogen-bond donors (Lipinski definition) is 1. The van der Waals surface area contributed by atoms with Crippen LogP contribution in [0.5, 0.6) is 0 Å². The van der Waals surface area contributed by atoms with E-state index in [1.54, 1.807) is 0 Å². The minimum absolute atomic E-state index is 0.647. The number of piperidine rings is 1. The van der Waals surface area contributed by atoms with E-state index in [-0.39, 0.29) is 0 Å². The van der Waals surface area contributed by atoms with Gasteiger partial charge in [0.25, 0.3) is 0 Å². The molecule has 92 valence electrons. The highest BCUT2D eigenvalue weighted by atomic mass is 79.9. The van der Waals surface area contributed by atoms with Gasteiger partial charge < -0.3 is 10.2 Å². The van der Waals surface area contributed by atoms with Crippen LogP contribution in [0.3, 0.4) is 0 Å². The molecule has 1 rings (SSSR count). The fourth-order valence-corrected chi connectivity index (χ4v) is 1.93. The van der Waals surface area contributed by atoms with Gasteiger partial charge in [-0.3, -0.25) is 0 Å². The van der Waals surface area contributed by atoms with E-state index in [1.807, 2.05) is 0 Å². The van der Waals surface area contributed by atoms with Crippen molar-refractivity contribution in [2.45, 2.75) is 26.7 Å². The van der Waals surface area contributed by atoms with Crippen molar-refractivity contribution >= 4 is 21.9 Å². The van der Waals surface area contributed by atoms with E-state index in [0.717, 1.165) is 36.0 Å². The van der Waals surface area contributed by atoms with Crippen LogP contribution in [-0.4, -0.2) is 37.0 Å². The van der Waals surface area contributed by atoms with Gasteiger partial charge >= 0.3 is 0 Å². The first-order valence-electron chi connectivity index (χ1n) is 6.00. The number of guanidine groups is 1. The molecule has 1 fully saturated rings. The molecule has 1 heterocycles. The first kappa shape index (κ1) is 13.6. The molecule has 0 aromatic heterocycles. The standard InChI is InChI=1S/C12H22BrN3/c1-4-14-12(15-9-11(3)13)16-7-5-10(2)6-8-16/h10H,3-9H2,1-2H3,(H,14,15). The van der Waals surface area contributed by atoms with Gasteiger partial charge in [-0.15, -0.1) is 0 Å². The summed E-state index contributed by atoms with van der Waals surface area (Å²) in [5.41, 5.74) is 0. The summed E-state index contributed by atoms with van der Waals surface area (Å²) >= 11 is 3.34. The molecule has 1 aliphatic rings. The number of nitrogens with zero attached hydrogens (tertiary/aromatic N) is 2. The third-order valence-corrected chi connectivity index (χ3v) is 3.07. The number of hydrogen-bond acceptors (Lipinski definition) is 1. The number of rotatable bonds is 3. The molecule has 0 unspecified atom stereocenters. The summed E-state index contributed by atoms with van der Waals surface area (Å²) in [6.07, 6.45) is 2.53. The van der Waals surface area contributed by atoms with E-state index in [1.165, 1.54) is 12.8 Å². The Morgan fingerprint density at radius 3 is 2.62 bits per heavy atom. The molecule has 0 bridgehead atoms. The molecule has 0 amide bonds. The highest BCUT2D eigenvalue weighted by Crippen LogP contribution is 2.16. The summed E-state index contributed by atoms with van der Waals surface area (Å²) in [5.74, 6) is 1.88. The maximum Gasteiger partial charge on any atom is 0.194 e. The lowest BCUT2D eigenvalue weighted by atomic mass is 10.00. The Morgan fingerprint density at radius 1 is 1.50 bits per heavy atom.